The molecule has 5 heteroatoms. The van der Waals surface area contributed by atoms with Crippen LogP contribution in [0.15, 0.2) is 36.9 Å². The standard InChI is InChI=1S/C15H20N2O3/c1-4-8-17(10-14(18)19)15(20)16-13-7-5-6-12(9-13)11(2)3/h4-7,9,11H,1,8,10H2,2-3H3,(H,16,20)(H,18,19). The Bertz CT molecular complexity index is 498. The van der Waals surface area contributed by atoms with Crippen molar-refractivity contribution in [1.29, 1.82) is 0 Å². The zero-order valence-corrected chi connectivity index (χ0v) is 11.8. The molecule has 0 unspecified atom stereocenters. The van der Waals surface area contributed by atoms with Gasteiger partial charge in [-0.25, -0.2) is 4.79 Å². The second-order valence-electron chi connectivity index (χ2n) is 4.77. The lowest BCUT2D eigenvalue weighted by Gasteiger charge is -2.19. The first kappa shape index (κ1) is 15.8. The largest absolute Gasteiger partial charge is 0.480 e. The van der Waals surface area contributed by atoms with Crippen molar-refractivity contribution in [1.82, 2.24) is 4.90 Å². The van der Waals surface area contributed by atoms with E-state index < -0.39 is 12.0 Å². The number of carbonyl (C=O) groups excluding carboxylic acids is 1. The first-order valence-electron chi connectivity index (χ1n) is 6.42. The number of urea groups is 1. The van der Waals surface area contributed by atoms with Crippen molar-refractivity contribution < 1.29 is 14.7 Å². The molecule has 1 aromatic carbocycles. The molecule has 0 saturated carbocycles. The fourth-order valence-corrected chi connectivity index (χ4v) is 1.72. The Hall–Kier alpha value is -2.30. The van der Waals surface area contributed by atoms with E-state index in [0.717, 1.165) is 5.56 Å². The number of nitrogens with zero attached hydrogens (tertiary/aromatic N) is 1. The molecule has 0 radical (unpaired) electrons. The highest BCUT2D eigenvalue weighted by molar-refractivity contribution is 5.91. The Kier molecular flexibility index (Phi) is 5.77. The Morgan fingerprint density at radius 1 is 1.45 bits per heavy atom. The van der Waals surface area contributed by atoms with E-state index in [2.05, 4.69) is 25.7 Å². The summed E-state index contributed by atoms with van der Waals surface area (Å²) in [5, 5.41) is 11.5. The van der Waals surface area contributed by atoms with Crippen LogP contribution in [0.4, 0.5) is 10.5 Å². The number of anilines is 1. The van der Waals surface area contributed by atoms with E-state index in [0.29, 0.717) is 11.6 Å². The van der Waals surface area contributed by atoms with Crippen molar-refractivity contribution in [2.24, 2.45) is 0 Å². The Morgan fingerprint density at radius 3 is 2.70 bits per heavy atom. The van der Waals surface area contributed by atoms with Gasteiger partial charge in [0.1, 0.15) is 6.54 Å². The van der Waals surface area contributed by atoms with E-state index in [9.17, 15) is 9.59 Å². The Labute approximate surface area is 118 Å². The third-order valence-corrected chi connectivity index (χ3v) is 2.77. The molecule has 0 saturated heterocycles. The van der Waals surface area contributed by atoms with Crippen LogP contribution in [0.25, 0.3) is 0 Å². The molecule has 5 nitrogen and oxygen atoms in total. The monoisotopic (exact) mass is 276 g/mol. The normalized spacial score (nSPS) is 10.2. The maximum Gasteiger partial charge on any atom is 0.323 e. The quantitative estimate of drug-likeness (QED) is 0.785. The predicted molar refractivity (Wildman–Crippen MR) is 79.0 cm³/mol. The second-order valence-corrected chi connectivity index (χ2v) is 4.77. The van der Waals surface area contributed by atoms with Crippen molar-refractivity contribution in [3.63, 3.8) is 0 Å². The van der Waals surface area contributed by atoms with Gasteiger partial charge >= 0.3 is 12.0 Å². The second kappa shape index (κ2) is 7.33. The zero-order valence-electron chi connectivity index (χ0n) is 11.8. The minimum atomic E-state index is -1.06. The summed E-state index contributed by atoms with van der Waals surface area (Å²) in [4.78, 5) is 23.9. The summed E-state index contributed by atoms with van der Waals surface area (Å²) in [6, 6.07) is 7.05. The van der Waals surface area contributed by atoms with E-state index in [1.54, 1.807) is 6.07 Å². The first-order valence-corrected chi connectivity index (χ1v) is 6.42. The number of carboxylic acid groups (broad SMARTS) is 1. The molecule has 0 atom stereocenters. The fourth-order valence-electron chi connectivity index (χ4n) is 1.72. The number of carbonyl (C=O) groups is 2. The third-order valence-electron chi connectivity index (χ3n) is 2.77. The number of carboxylic acids is 1. The summed E-state index contributed by atoms with van der Waals surface area (Å²) in [6.07, 6.45) is 1.49. The van der Waals surface area contributed by atoms with E-state index in [4.69, 9.17) is 5.11 Å². The van der Waals surface area contributed by atoms with Crippen LogP contribution < -0.4 is 5.32 Å². The maximum absolute atomic E-state index is 12.0. The number of benzene rings is 1. The van der Waals surface area contributed by atoms with Crippen molar-refractivity contribution in [2.45, 2.75) is 19.8 Å². The zero-order chi connectivity index (χ0) is 15.1. The summed E-state index contributed by atoms with van der Waals surface area (Å²) in [5.74, 6) is -0.701. The van der Waals surface area contributed by atoms with Gasteiger partial charge in [-0.2, -0.15) is 0 Å². The first-order chi connectivity index (χ1) is 9.43. The van der Waals surface area contributed by atoms with Crippen molar-refractivity contribution in [2.75, 3.05) is 18.4 Å². The molecule has 0 aliphatic heterocycles. The lowest BCUT2D eigenvalue weighted by molar-refractivity contribution is -0.137. The fraction of sp³-hybridized carbons (Fsp3) is 0.333. The van der Waals surface area contributed by atoms with Gasteiger partial charge < -0.3 is 15.3 Å². The number of hydrogen-bond donors (Lipinski definition) is 2. The van der Waals surface area contributed by atoms with Gasteiger partial charge in [-0.05, 0) is 23.6 Å². The van der Waals surface area contributed by atoms with Gasteiger partial charge in [0.25, 0.3) is 0 Å². The van der Waals surface area contributed by atoms with Crippen LogP contribution in [0, 0.1) is 0 Å². The molecule has 108 valence electrons. The third kappa shape index (κ3) is 4.76. The average molecular weight is 276 g/mol. The van der Waals surface area contributed by atoms with Gasteiger partial charge in [-0.3, -0.25) is 4.79 Å². The van der Waals surface area contributed by atoms with E-state index in [1.165, 1.54) is 11.0 Å². The van der Waals surface area contributed by atoms with Gasteiger partial charge in [0.05, 0.1) is 0 Å². The van der Waals surface area contributed by atoms with E-state index in [-0.39, 0.29) is 13.1 Å². The Balaban J connectivity index is 2.79. The molecule has 0 bridgehead atoms. The predicted octanol–water partition coefficient (Wildman–Crippen LogP) is 2.91. The lowest BCUT2D eigenvalue weighted by atomic mass is 10.0. The molecule has 0 aliphatic rings. The van der Waals surface area contributed by atoms with Crippen LogP contribution in [0.3, 0.4) is 0 Å². The summed E-state index contributed by atoms with van der Waals surface area (Å²) in [6.45, 7) is 7.47. The minimum absolute atomic E-state index is 0.183. The molecule has 0 aliphatic carbocycles. The van der Waals surface area contributed by atoms with Crippen molar-refractivity contribution in [3.8, 4) is 0 Å². The molecule has 2 amide bonds. The van der Waals surface area contributed by atoms with Crippen LogP contribution in [0.2, 0.25) is 0 Å². The van der Waals surface area contributed by atoms with E-state index >= 15 is 0 Å². The summed E-state index contributed by atoms with van der Waals surface area (Å²) >= 11 is 0. The van der Waals surface area contributed by atoms with Crippen LogP contribution in [-0.2, 0) is 4.79 Å². The minimum Gasteiger partial charge on any atom is -0.480 e. The van der Waals surface area contributed by atoms with Gasteiger partial charge in [-0.15, -0.1) is 6.58 Å². The highest BCUT2D eigenvalue weighted by atomic mass is 16.4. The number of rotatable bonds is 6. The van der Waals surface area contributed by atoms with Crippen LogP contribution in [0.1, 0.15) is 25.3 Å². The lowest BCUT2D eigenvalue weighted by Crippen LogP contribution is -2.38. The van der Waals surface area contributed by atoms with Gasteiger partial charge in [0, 0.05) is 12.2 Å². The van der Waals surface area contributed by atoms with Crippen LogP contribution in [-0.4, -0.2) is 35.1 Å². The molecule has 0 heterocycles. The molecule has 0 spiro atoms. The highest BCUT2D eigenvalue weighted by Crippen LogP contribution is 2.18. The smallest absolute Gasteiger partial charge is 0.323 e. The molecule has 1 aromatic rings. The Morgan fingerprint density at radius 2 is 2.15 bits per heavy atom. The number of amides is 2. The molecule has 20 heavy (non-hydrogen) atoms. The number of hydrogen-bond acceptors (Lipinski definition) is 2. The highest BCUT2D eigenvalue weighted by Gasteiger charge is 2.15. The number of aliphatic carboxylic acids is 1. The average Bonchev–Trinajstić information content (AvgIpc) is 2.38. The maximum atomic E-state index is 12.0. The number of nitrogens with one attached hydrogen (secondary N) is 1. The summed E-state index contributed by atoms with van der Waals surface area (Å²) < 4.78 is 0. The molecule has 1 rings (SSSR count). The molecule has 0 aromatic heterocycles. The van der Waals surface area contributed by atoms with Gasteiger partial charge in [-0.1, -0.05) is 32.1 Å². The summed E-state index contributed by atoms with van der Waals surface area (Å²) in [7, 11) is 0. The van der Waals surface area contributed by atoms with Gasteiger partial charge in [0.2, 0.25) is 0 Å². The van der Waals surface area contributed by atoms with Crippen molar-refractivity contribution >= 4 is 17.7 Å². The molecule has 0 fully saturated rings. The van der Waals surface area contributed by atoms with Gasteiger partial charge in [0.15, 0.2) is 0 Å². The topological polar surface area (TPSA) is 69.6 Å². The SMILES string of the molecule is C=CCN(CC(=O)O)C(=O)Nc1cccc(C(C)C)c1. The van der Waals surface area contributed by atoms with Crippen molar-refractivity contribution in [3.05, 3.63) is 42.5 Å². The van der Waals surface area contributed by atoms with E-state index in [1.807, 2.05) is 18.2 Å². The molecular weight excluding hydrogens is 256 g/mol. The van der Waals surface area contributed by atoms with Crippen LogP contribution in [0.5, 0.6) is 0 Å². The molecule has 2 N–H and O–H groups in total. The molecular formula is C15H20N2O3. The summed E-state index contributed by atoms with van der Waals surface area (Å²) in [5.41, 5.74) is 1.76. The van der Waals surface area contributed by atoms with Crippen LogP contribution >= 0.6 is 0 Å².